The van der Waals surface area contributed by atoms with E-state index in [0.29, 0.717) is 0 Å². The van der Waals surface area contributed by atoms with Crippen molar-refractivity contribution in [2.75, 3.05) is 4.90 Å². The fourth-order valence-corrected chi connectivity index (χ4v) is 9.74. The first kappa shape index (κ1) is 21.0. The molecule has 10 rings (SSSR count). The average Bonchev–Trinajstić information content (AvgIpc) is 3.01. The number of benzene rings is 7. The van der Waals surface area contributed by atoms with Crippen molar-refractivity contribution in [3.63, 3.8) is 0 Å². The zero-order valence-electron chi connectivity index (χ0n) is 21.3. The minimum Gasteiger partial charge on any atom is -0.456 e. The summed E-state index contributed by atoms with van der Waals surface area (Å²) in [6, 6.07) is 43.5. The number of rotatable bonds is 1. The van der Waals surface area contributed by atoms with Crippen LogP contribution in [0.15, 0.2) is 121 Å². The summed E-state index contributed by atoms with van der Waals surface area (Å²) in [5, 5.41) is 11.4. The van der Waals surface area contributed by atoms with Crippen LogP contribution < -0.4 is 30.3 Å². The molecule has 3 aliphatic heterocycles. The molecule has 0 aliphatic carbocycles. The normalized spacial score (nSPS) is 14.2. The van der Waals surface area contributed by atoms with Gasteiger partial charge >= 0.3 is 0 Å². The largest absolute Gasteiger partial charge is 0.456 e. The molecule has 0 bridgehead atoms. The van der Waals surface area contributed by atoms with E-state index < -0.39 is 7.92 Å². The quantitative estimate of drug-likeness (QED) is 0.157. The molecule has 3 nitrogen and oxygen atoms in total. The summed E-state index contributed by atoms with van der Waals surface area (Å²) < 4.78 is 13.0. The highest BCUT2D eigenvalue weighted by molar-refractivity contribution is 7.81. The van der Waals surface area contributed by atoms with Crippen LogP contribution in [0, 0.1) is 0 Å². The van der Waals surface area contributed by atoms with Crippen molar-refractivity contribution in [1.82, 2.24) is 0 Å². The van der Waals surface area contributed by atoms with Gasteiger partial charge in [0.25, 0.3) is 0 Å². The van der Waals surface area contributed by atoms with Gasteiger partial charge in [-0.05, 0) is 80.8 Å². The van der Waals surface area contributed by atoms with Crippen LogP contribution in [-0.2, 0) is 0 Å². The van der Waals surface area contributed by atoms with Crippen molar-refractivity contribution < 1.29 is 9.47 Å². The highest BCUT2D eigenvalue weighted by Gasteiger charge is 2.44. The molecule has 3 heterocycles. The number of fused-ring (bicyclic) bond motifs is 6. The molecule has 0 N–H and O–H groups in total. The van der Waals surface area contributed by atoms with Gasteiger partial charge in [-0.3, -0.25) is 0 Å². The molecule has 3 aliphatic rings. The van der Waals surface area contributed by atoms with Crippen LogP contribution >= 0.6 is 7.92 Å². The Hall–Kier alpha value is -4.85. The summed E-state index contributed by atoms with van der Waals surface area (Å²) in [6.07, 6.45) is 0. The van der Waals surface area contributed by atoms with Gasteiger partial charge in [0.05, 0.1) is 27.3 Å². The van der Waals surface area contributed by atoms with Crippen molar-refractivity contribution in [3.05, 3.63) is 121 Å². The summed E-state index contributed by atoms with van der Waals surface area (Å²) in [4.78, 5) is 2.41. The molecule has 0 radical (unpaired) electrons. The van der Waals surface area contributed by atoms with E-state index in [1.165, 1.54) is 59.6 Å². The first-order valence-corrected chi connectivity index (χ1v) is 14.9. The lowest BCUT2D eigenvalue weighted by molar-refractivity contribution is 0.466. The Morgan fingerprint density at radius 1 is 0.400 bits per heavy atom. The Morgan fingerprint density at radius 2 is 0.850 bits per heavy atom. The fraction of sp³-hybridized carbons (Fsp3) is 0. The molecular formula is C36H20NO2P. The number of hydrogen-bond donors (Lipinski definition) is 0. The monoisotopic (exact) mass is 529 g/mol. The zero-order valence-corrected chi connectivity index (χ0v) is 22.2. The third kappa shape index (κ3) is 2.54. The molecule has 40 heavy (non-hydrogen) atoms. The smallest absolute Gasteiger partial charge is 0.139 e. The minimum absolute atomic E-state index is 0.799. The van der Waals surface area contributed by atoms with Crippen LogP contribution in [-0.4, -0.2) is 0 Å². The van der Waals surface area contributed by atoms with Crippen LogP contribution in [0.25, 0.3) is 32.3 Å². The molecule has 0 aromatic heterocycles. The molecule has 0 atom stereocenters. The van der Waals surface area contributed by atoms with Gasteiger partial charge < -0.3 is 14.4 Å². The van der Waals surface area contributed by atoms with Gasteiger partial charge in [-0.15, -0.1) is 0 Å². The lowest BCUT2D eigenvalue weighted by Crippen LogP contribution is -2.39. The second kappa shape index (κ2) is 7.41. The fourth-order valence-electron chi connectivity index (χ4n) is 6.90. The summed E-state index contributed by atoms with van der Waals surface area (Å²) in [5.74, 6) is 3.70. The van der Waals surface area contributed by atoms with E-state index in [4.69, 9.17) is 9.47 Å². The summed E-state index contributed by atoms with van der Waals surface area (Å²) in [7, 11) is -0.799. The Balaban J connectivity index is 1.30. The van der Waals surface area contributed by atoms with Gasteiger partial charge in [-0.1, -0.05) is 72.8 Å². The van der Waals surface area contributed by atoms with Crippen molar-refractivity contribution >= 4 is 73.2 Å². The average molecular weight is 530 g/mol. The van der Waals surface area contributed by atoms with E-state index in [1.807, 2.05) is 6.07 Å². The zero-order chi connectivity index (χ0) is 25.9. The summed E-state index contributed by atoms with van der Waals surface area (Å²) in [5.41, 5.74) is 3.49. The van der Waals surface area contributed by atoms with Gasteiger partial charge in [-0.25, -0.2) is 0 Å². The van der Waals surface area contributed by atoms with Gasteiger partial charge in [0.2, 0.25) is 0 Å². The maximum absolute atomic E-state index is 6.52. The Morgan fingerprint density at radius 3 is 1.40 bits per heavy atom. The van der Waals surface area contributed by atoms with Crippen LogP contribution in [0.3, 0.4) is 0 Å². The molecule has 186 valence electrons. The van der Waals surface area contributed by atoms with E-state index in [1.54, 1.807) is 0 Å². The predicted octanol–water partition coefficient (Wildman–Crippen LogP) is 8.90. The summed E-state index contributed by atoms with van der Waals surface area (Å²) >= 11 is 0. The number of anilines is 3. The standard InChI is InChI=1S/C36H20NO2P/c1-2-10-24-22(8-1)23-9-3-4-11-25(23)27-20-21(18-19-26(24)27)37-28-12-5-14-30-34(28)40-35-29(37)13-6-15-31(35)39-33-17-7-16-32(38-30)36(33)40/h1-20H. The third-order valence-corrected chi connectivity index (χ3v) is 11.2. The van der Waals surface area contributed by atoms with Gasteiger partial charge in [-0.2, -0.15) is 0 Å². The Kier molecular flexibility index (Phi) is 3.90. The van der Waals surface area contributed by atoms with Gasteiger partial charge in [0.15, 0.2) is 0 Å². The second-order valence-electron chi connectivity index (χ2n) is 10.5. The number of nitrogens with zero attached hydrogens (tertiary/aromatic N) is 1. The van der Waals surface area contributed by atoms with Crippen molar-refractivity contribution in [1.29, 1.82) is 0 Å². The van der Waals surface area contributed by atoms with Crippen molar-refractivity contribution in [3.8, 4) is 23.0 Å². The molecule has 7 aromatic rings. The molecule has 0 saturated carbocycles. The molecule has 0 saturated heterocycles. The minimum atomic E-state index is -0.799. The number of ether oxygens (including phenoxy) is 2. The maximum atomic E-state index is 6.52. The molecular weight excluding hydrogens is 509 g/mol. The predicted molar refractivity (Wildman–Crippen MR) is 166 cm³/mol. The highest BCUT2D eigenvalue weighted by Crippen LogP contribution is 2.60. The van der Waals surface area contributed by atoms with Gasteiger partial charge in [0, 0.05) is 13.6 Å². The SMILES string of the molecule is c1cc2c3c(c1)Oc1cccc4c1P3c1c(cccc1N4c1ccc3c4ccccc4c4ccccc4c3c1)O2. The third-order valence-electron chi connectivity index (χ3n) is 8.50. The maximum Gasteiger partial charge on any atom is 0.139 e. The van der Waals surface area contributed by atoms with Gasteiger partial charge in [0.1, 0.15) is 23.0 Å². The molecule has 0 unspecified atom stereocenters. The van der Waals surface area contributed by atoms with E-state index in [9.17, 15) is 0 Å². The van der Waals surface area contributed by atoms with E-state index in [0.717, 1.165) is 28.7 Å². The van der Waals surface area contributed by atoms with Crippen molar-refractivity contribution in [2.45, 2.75) is 0 Å². The second-order valence-corrected chi connectivity index (χ2v) is 12.6. The Labute approximate surface area is 231 Å². The topological polar surface area (TPSA) is 21.7 Å². The van der Waals surface area contributed by atoms with E-state index in [2.05, 4.69) is 120 Å². The lowest BCUT2D eigenvalue weighted by atomic mass is 9.94. The first-order valence-electron chi connectivity index (χ1n) is 13.5. The van der Waals surface area contributed by atoms with Crippen LogP contribution in [0.1, 0.15) is 0 Å². The Bertz CT molecular complexity index is 2140. The van der Waals surface area contributed by atoms with E-state index >= 15 is 0 Å². The molecule has 7 aromatic carbocycles. The van der Waals surface area contributed by atoms with Crippen LogP contribution in [0.4, 0.5) is 17.1 Å². The molecule has 0 fully saturated rings. The number of hydrogen-bond acceptors (Lipinski definition) is 3. The first-order chi connectivity index (χ1) is 19.8. The molecule has 0 amide bonds. The van der Waals surface area contributed by atoms with Crippen LogP contribution in [0.2, 0.25) is 0 Å². The van der Waals surface area contributed by atoms with Crippen LogP contribution in [0.5, 0.6) is 23.0 Å². The molecule has 0 spiro atoms. The highest BCUT2D eigenvalue weighted by atomic mass is 31.1. The summed E-state index contributed by atoms with van der Waals surface area (Å²) in [6.45, 7) is 0. The van der Waals surface area contributed by atoms with Crippen molar-refractivity contribution in [2.24, 2.45) is 0 Å². The lowest BCUT2D eigenvalue weighted by Gasteiger charge is -2.43. The molecule has 4 heteroatoms. The van der Waals surface area contributed by atoms with E-state index in [-0.39, 0.29) is 0 Å².